The monoisotopic (exact) mass is 2000 g/mol. The molecule has 0 aliphatic carbocycles. The van der Waals surface area contributed by atoms with E-state index in [4.69, 9.17) is 18.9 Å². The van der Waals surface area contributed by atoms with E-state index in [2.05, 4.69) is 429 Å². The fourth-order valence-electron chi connectivity index (χ4n) is 17.1. The van der Waals surface area contributed by atoms with Gasteiger partial charge >= 0.3 is 17.9 Å². The summed E-state index contributed by atoms with van der Waals surface area (Å²) >= 11 is 14.2. The molecule has 0 unspecified atom stereocenters. The molecule has 0 spiro atoms. The highest BCUT2D eigenvalue weighted by molar-refractivity contribution is 7.26. The third kappa shape index (κ3) is 23.7. The Morgan fingerprint density at radius 2 is 0.401 bits per heavy atom. The van der Waals surface area contributed by atoms with Crippen LogP contribution in [0.25, 0.3) is 103 Å². The lowest BCUT2D eigenvalue weighted by Gasteiger charge is -2.26. The van der Waals surface area contributed by atoms with E-state index in [-0.39, 0.29) is 30.3 Å². The molecule has 0 amide bonds. The van der Waals surface area contributed by atoms with Crippen molar-refractivity contribution < 1.29 is 38.1 Å². The molecule has 12 nitrogen and oxygen atoms in total. The summed E-state index contributed by atoms with van der Waals surface area (Å²) in [6, 6.07) is 139. The Morgan fingerprint density at radius 3 is 0.592 bits per heavy atom. The molecule has 0 N–H and O–H groups in total. The summed E-state index contributed by atoms with van der Waals surface area (Å²) in [6.07, 6.45) is 4.18. The SMILES string of the molecule is COC(=O)CCc1ccc(N(c2ccc(-c3cccs3)cc2)c2ccc(-c3ccc(-c4ccc(-c5ccc(N(c6ccc(CCC(=O)OC)cc6)c6ccc(-c7cccs7)cc6)cc5)s4)s3)cc2)cc1.COCCOC(=O)CCc1ccc(N(c2ccc(-c3cccs3)cc2)c2ccc(-c3ccc(-c4ccc(-c5ccc(N(c6ccc(CCC(C)=O)cc6)c6ccc(-c7cccs7)cc6)cc5)s4)s3)cc2)cc1. The summed E-state index contributed by atoms with van der Waals surface area (Å²) in [5.41, 5.74) is 26.5. The van der Waals surface area contributed by atoms with Crippen LogP contribution in [0.15, 0.2) is 410 Å². The van der Waals surface area contributed by atoms with E-state index in [0.29, 0.717) is 51.6 Å². The third-order valence-electron chi connectivity index (χ3n) is 24.7. The number of carbonyl (C=O) groups excluding carboxylic acids is 4. The van der Waals surface area contributed by atoms with E-state index < -0.39 is 0 Å². The Hall–Kier alpha value is -14.5. The normalized spacial score (nSPS) is 11.1. The molecule has 0 fully saturated rings. The van der Waals surface area contributed by atoms with Gasteiger partial charge in [-0.1, -0.05) is 170 Å². The molecule has 142 heavy (non-hydrogen) atoms. The highest BCUT2D eigenvalue weighted by atomic mass is 32.1. The molecule has 0 saturated heterocycles. The molecule has 12 aromatic carbocycles. The number of hydrogen-bond acceptors (Lipinski definition) is 20. The molecule has 20 rings (SSSR count). The number of rotatable bonds is 37. The van der Waals surface area contributed by atoms with E-state index >= 15 is 0 Å². The summed E-state index contributed by atoms with van der Waals surface area (Å²) < 4.78 is 20.0. The van der Waals surface area contributed by atoms with Gasteiger partial charge in [-0.15, -0.1) is 90.7 Å². The van der Waals surface area contributed by atoms with Gasteiger partial charge in [-0.05, 0) is 339 Å². The topological polar surface area (TPSA) is 118 Å². The highest BCUT2D eigenvalue weighted by Crippen LogP contribution is 2.48. The van der Waals surface area contributed by atoms with Gasteiger partial charge in [0.15, 0.2) is 0 Å². The molecule has 8 aromatic heterocycles. The van der Waals surface area contributed by atoms with Crippen LogP contribution in [0.3, 0.4) is 0 Å². The minimum absolute atomic E-state index is 0.205. The average molecular weight is 2010 g/mol. The van der Waals surface area contributed by atoms with Gasteiger partial charge < -0.3 is 43.3 Å². The van der Waals surface area contributed by atoms with Crippen LogP contribution in [0, 0.1) is 0 Å². The van der Waals surface area contributed by atoms with Gasteiger partial charge in [0.2, 0.25) is 0 Å². The van der Waals surface area contributed by atoms with Crippen molar-refractivity contribution in [3.8, 4) is 103 Å². The molecule has 20 heteroatoms. The second-order valence-electron chi connectivity index (χ2n) is 34.0. The van der Waals surface area contributed by atoms with Gasteiger partial charge in [-0.2, -0.15) is 0 Å². The van der Waals surface area contributed by atoms with Crippen molar-refractivity contribution >= 4 is 183 Å². The van der Waals surface area contributed by atoms with Crippen molar-refractivity contribution in [3.05, 3.63) is 432 Å². The number of thiophene rings is 8. The zero-order valence-electron chi connectivity index (χ0n) is 78.7. The Labute approximate surface area is 860 Å². The average Bonchev–Trinajstić information content (AvgIpc) is 1.41. The van der Waals surface area contributed by atoms with E-state index in [9.17, 15) is 19.2 Å². The van der Waals surface area contributed by atoms with Crippen molar-refractivity contribution in [1.82, 2.24) is 0 Å². The highest BCUT2D eigenvalue weighted by Gasteiger charge is 2.23. The zero-order chi connectivity index (χ0) is 97.0. The van der Waals surface area contributed by atoms with Crippen LogP contribution in [0.5, 0.6) is 0 Å². The second-order valence-corrected chi connectivity index (χ2v) is 42.1. The molecule has 8 heterocycles. The molecule has 0 saturated carbocycles. The van der Waals surface area contributed by atoms with Crippen molar-refractivity contribution in [2.24, 2.45) is 0 Å². The fraction of sp³-hybridized carbons (Fsp3) is 0.115. The number of hydrogen-bond donors (Lipinski definition) is 0. The maximum atomic E-state index is 12.3. The predicted octanol–water partition coefficient (Wildman–Crippen LogP) is 35.3. The van der Waals surface area contributed by atoms with Crippen molar-refractivity contribution in [2.45, 2.75) is 58.3 Å². The number of ketones is 1. The first kappa shape index (κ1) is 96.4. The van der Waals surface area contributed by atoms with Crippen LogP contribution >= 0.6 is 90.7 Å². The maximum Gasteiger partial charge on any atom is 0.306 e. The number of aryl methyl sites for hydroxylation is 4. The first-order valence-electron chi connectivity index (χ1n) is 47.0. The smallest absolute Gasteiger partial charge is 0.306 e. The molecule has 20 aromatic rings. The van der Waals surface area contributed by atoms with Crippen LogP contribution in [-0.2, 0) is 63.8 Å². The van der Waals surface area contributed by atoms with E-state index in [0.717, 1.165) is 96.9 Å². The van der Waals surface area contributed by atoms with Crippen LogP contribution in [0.1, 0.15) is 54.9 Å². The van der Waals surface area contributed by atoms with E-state index in [1.165, 1.54) is 117 Å². The van der Waals surface area contributed by atoms with Gasteiger partial charge in [0, 0.05) is 160 Å². The number of ether oxygens (including phenoxy) is 4. The molecule has 0 atom stereocenters. The van der Waals surface area contributed by atoms with Crippen LogP contribution < -0.4 is 19.6 Å². The molecular formula is C122H100N4O8S8. The molecule has 0 radical (unpaired) electrons. The lowest BCUT2D eigenvalue weighted by molar-refractivity contribution is -0.145. The minimum Gasteiger partial charge on any atom is -0.469 e. The summed E-state index contributed by atoms with van der Waals surface area (Å²) in [6.45, 7) is 2.31. The van der Waals surface area contributed by atoms with Crippen LogP contribution in [0.4, 0.5) is 68.2 Å². The van der Waals surface area contributed by atoms with Crippen molar-refractivity contribution in [2.75, 3.05) is 54.1 Å². The number of Topliss-reactive ketones (excluding diaryl/α,β-unsaturated/α-hetero) is 1. The van der Waals surface area contributed by atoms with Gasteiger partial charge in [0.1, 0.15) is 12.4 Å². The third-order valence-corrected chi connectivity index (χ3v) is 33.3. The van der Waals surface area contributed by atoms with Crippen molar-refractivity contribution in [3.63, 3.8) is 0 Å². The minimum atomic E-state index is -0.220. The zero-order valence-corrected chi connectivity index (χ0v) is 85.2. The molecule has 0 aliphatic rings. The van der Waals surface area contributed by atoms with Crippen LogP contribution in [-0.4, -0.2) is 58.2 Å². The number of carbonyl (C=O) groups is 4. The summed E-state index contributed by atoms with van der Waals surface area (Å²) in [4.78, 5) is 71.5. The lowest BCUT2D eigenvalue weighted by Crippen LogP contribution is -2.11. The largest absolute Gasteiger partial charge is 0.469 e. The summed E-state index contributed by atoms with van der Waals surface area (Å²) in [7, 11) is 4.45. The first-order chi connectivity index (χ1) is 69.7. The van der Waals surface area contributed by atoms with Crippen LogP contribution in [0.2, 0.25) is 0 Å². The quantitative estimate of drug-likeness (QED) is 0.0210. The van der Waals surface area contributed by atoms with E-state index in [1.54, 1.807) is 59.4 Å². The van der Waals surface area contributed by atoms with Gasteiger partial charge in [-0.25, -0.2) is 0 Å². The lowest BCUT2D eigenvalue weighted by atomic mass is 10.1. The number of anilines is 12. The number of esters is 3. The number of methoxy groups -OCH3 is 3. The van der Waals surface area contributed by atoms with Gasteiger partial charge in [0.05, 0.1) is 20.8 Å². The van der Waals surface area contributed by atoms with Gasteiger partial charge in [0.25, 0.3) is 0 Å². The Balaban J connectivity index is 0.000000180. The second kappa shape index (κ2) is 46.3. The first-order valence-corrected chi connectivity index (χ1v) is 53.7. The predicted molar refractivity (Wildman–Crippen MR) is 600 cm³/mol. The summed E-state index contributed by atoms with van der Waals surface area (Å²) in [5.74, 6) is -0.426. The Kier molecular flexibility index (Phi) is 31.4. The maximum absolute atomic E-state index is 12.3. The Bertz CT molecular complexity index is 7290. The van der Waals surface area contributed by atoms with E-state index in [1.807, 2.05) is 45.3 Å². The number of benzene rings is 12. The molecule has 0 bridgehead atoms. The summed E-state index contributed by atoms with van der Waals surface area (Å²) in [5, 5.41) is 8.43. The number of nitrogens with zero attached hydrogens (tertiary/aromatic N) is 4. The van der Waals surface area contributed by atoms with Gasteiger partial charge in [-0.3, -0.25) is 14.4 Å². The molecule has 0 aliphatic heterocycles. The molecule has 704 valence electrons. The molecular weight excluding hydrogens is 1910 g/mol. The van der Waals surface area contributed by atoms with Crippen molar-refractivity contribution in [1.29, 1.82) is 0 Å². The fourth-order valence-corrected chi connectivity index (χ4v) is 24.2. The standard InChI is InChI=1S/C62H52N2O4S4.C60H48N2O4S4/c1-43(65)7-8-44-9-22-50(23-10-44)63(52-26-14-46(15-27-52)56-5-3-41-69-56)54-30-18-48(19-31-54)58-34-36-60(71-58)61-37-35-59(72-61)49-20-32-55(33-21-49)64(53-28-16-47(17-29-53)57-6-4-42-70-57)51-24-11-45(12-25-51)13-38-62(66)68-40-39-67-2;1-65-59(63)37-11-41-7-21-47(22-8-41)61(49-25-13-43(14-26-49)53-5-3-39-67-53)51-29-17-45(18-30-51)55-33-35-57(69-55)58-36-34-56(70-58)46-19-31-52(32-20-46)62(48-23-9-42(10-24-48)12-38-60(64)66-2)50-27-15-44(16-28-50)54-6-4-40-68-54/h3-6,9-12,14-37,41-42H,7-8,13,38-40H2,1-2H3;3-10,13-36,39-40H,11-12,37-38H2,1-2H3. The Morgan fingerprint density at radius 1 is 0.211 bits per heavy atom.